The number of rotatable bonds is 5. The molecule has 1 aromatic rings. The van der Waals surface area contributed by atoms with E-state index < -0.39 is 0 Å². The van der Waals surface area contributed by atoms with Crippen LogP contribution in [0.1, 0.15) is 25.8 Å². The summed E-state index contributed by atoms with van der Waals surface area (Å²) in [6.45, 7) is 3.91. The van der Waals surface area contributed by atoms with Crippen LogP contribution in [-0.4, -0.2) is 11.9 Å². The molecule has 1 atom stereocenters. The minimum absolute atomic E-state index is 0.331. The van der Waals surface area contributed by atoms with Gasteiger partial charge < -0.3 is 11.1 Å². The van der Waals surface area contributed by atoms with Crippen molar-refractivity contribution < 1.29 is 4.79 Å². The summed E-state index contributed by atoms with van der Waals surface area (Å²) in [5.41, 5.74) is 7.41. The minimum atomic E-state index is -0.340. The minimum Gasteiger partial charge on any atom is -0.374 e. The van der Waals surface area contributed by atoms with Gasteiger partial charge in [-0.25, -0.2) is 0 Å². The van der Waals surface area contributed by atoms with Crippen molar-refractivity contribution in [1.82, 2.24) is 0 Å². The summed E-state index contributed by atoms with van der Waals surface area (Å²) in [7, 11) is 0. The number of primary amides is 1. The Balaban J connectivity index is 2.60. The van der Waals surface area contributed by atoms with Crippen LogP contribution in [0.4, 0.5) is 5.69 Å². The summed E-state index contributed by atoms with van der Waals surface area (Å²) >= 11 is 0. The topological polar surface area (TPSA) is 55.1 Å². The number of carbonyl (C=O) groups excluding carboxylic acids is 1. The second kappa shape index (κ2) is 5.39. The van der Waals surface area contributed by atoms with Crippen LogP contribution in [0.5, 0.6) is 0 Å². The van der Waals surface area contributed by atoms with E-state index in [9.17, 15) is 4.79 Å². The van der Waals surface area contributed by atoms with Crippen LogP contribution in [0.2, 0.25) is 0 Å². The van der Waals surface area contributed by atoms with E-state index in [1.54, 1.807) is 6.92 Å². The Hall–Kier alpha value is -1.51. The third-order valence-electron chi connectivity index (χ3n) is 2.30. The predicted molar refractivity (Wildman–Crippen MR) is 62.7 cm³/mol. The number of hydrogen-bond donors (Lipinski definition) is 2. The molecule has 0 radical (unpaired) electrons. The summed E-state index contributed by atoms with van der Waals surface area (Å²) in [4.78, 5) is 10.8. The van der Waals surface area contributed by atoms with Gasteiger partial charge in [0.25, 0.3) is 0 Å². The van der Waals surface area contributed by atoms with E-state index in [2.05, 4.69) is 24.4 Å². The highest BCUT2D eigenvalue weighted by atomic mass is 16.1. The highest BCUT2D eigenvalue weighted by molar-refractivity contribution is 5.82. The smallest absolute Gasteiger partial charge is 0.239 e. The molecule has 1 rings (SSSR count). The van der Waals surface area contributed by atoms with Crippen LogP contribution >= 0.6 is 0 Å². The van der Waals surface area contributed by atoms with Gasteiger partial charge in [0, 0.05) is 5.69 Å². The van der Waals surface area contributed by atoms with Gasteiger partial charge in [0.1, 0.15) is 6.04 Å². The van der Waals surface area contributed by atoms with Gasteiger partial charge in [-0.3, -0.25) is 4.79 Å². The van der Waals surface area contributed by atoms with Crippen LogP contribution in [0.15, 0.2) is 24.3 Å². The molecule has 0 saturated carbocycles. The Morgan fingerprint density at radius 3 is 2.47 bits per heavy atom. The number of aryl methyl sites for hydroxylation is 1. The average molecular weight is 206 g/mol. The summed E-state index contributed by atoms with van der Waals surface area (Å²) in [6.07, 6.45) is 2.23. The second-order valence-corrected chi connectivity index (χ2v) is 3.72. The third kappa shape index (κ3) is 3.62. The molecule has 1 aromatic carbocycles. The largest absolute Gasteiger partial charge is 0.374 e. The summed E-state index contributed by atoms with van der Waals surface area (Å²) < 4.78 is 0. The zero-order valence-corrected chi connectivity index (χ0v) is 9.29. The Morgan fingerprint density at radius 2 is 2.00 bits per heavy atom. The molecule has 0 aromatic heterocycles. The lowest BCUT2D eigenvalue weighted by Crippen LogP contribution is -2.32. The number of nitrogens with two attached hydrogens (primary N) is 1. The molecule has 3 N–H and O–H groups in total. The van der Waals surface area contributed by atoms with Crippen LogP contribution in [-0.2, 0) is 11.2 Å². The molecule has 82 valence electrons. The highest BCUT2D eigenvalue weighted by Gasteiger charge is 2.06. The number of hydrogen-bond acceptors (Lipinski definition) is 2. The molecule has 0 saturated heterocycles. The van der Waals surface area contributed by atoms with Gasteiger partial charge in [0.05, 0.1) is 0 Å². The molecule has 3 nitrogen and oxygen atoms in total. The van der Waals surface area contributed by atoms with Gasteiger partial charge in [0.2, 0.25) is 5.91 Å². The lowest BCUT2D eigenvalue weighted by atomic mass is 10.1. The normalized spacial score (nSPS) is 12.1. The first-order valence-electron chi connectivity index (χ1n) is 5.28. The zero-order chi connectivity index (χ0) is 11.3. The number of anilines is 1. The maximum absolute atomic E-state index is 10.8. The van der Waals surface area contributed by atoms with E-state index in [-0.39, 0.29) is 11.9 Å². The van der Waals surface area contributed by atoms with Crippen molar-refractivity contribution >= 4 is 11.6 Å². The summed E-state index contributed by atoms with van der Waals surface area (Å²) in [5, 5.41) is 3.04. The number of benzene rings is 1. The monoisotopic (exact) mass is 206 g/mol. The molecular formula is C12H18N2O. The van der Waals surface area contributed by atoms with Gasteiger partial charge >= 0.3 is 0 Å². The molecule has 1 amide bonds. The molecule has 3 heteroatoms. The van der Waals surface area contributed by atoms with E-state index >= 15 is 0 Å². The summed E-state index contributed by atoms with van der Waals surface area (Å²) in [6, 6.07) is 7.76. The fourth-order valence-corrected chi connectivity index (χ4v) is 1.38. The zero-order valence-electron chi connectivity index (χ0n) is 9.29. The molecule has 1 unspecified atom stereocenters. The fraction of sp³-hybridized carbons (Fsp3) is 0.417. The molecular weight excluding hydrogens is 188 g/mol. The first kappa shape index (κ1) is 11.6. The molecule has 15 heavy (non-hydrogen) atoms. The van der Waals surface area contributed by atoms with Crippen molar-refractivity contribution in [3.05, 3.63) is 29.8 Å². The molecule has 0 aliphatic rings. The van der Waals surface area contributed by atoms with E-state index in [1.807, 2.05) is 12.1 Å². The van der Waals surface area contributed by atoms with E-state index in [1.165, 1.54) is 5.56 Å². The maximum Gasteiger partial charge on any atom is 0.239 e. The molecule has 0 heterocycles. The van der Waals surface area contributed by atoms with Crippen LogP contribution in [0.25, 0.3) is 0 Å². The third-order valence-corrected chi connectivity index (χ3v) is 2.30. The fourth-order valence-electron chi connectivity index (χ4n) is 1.38. The number of nitrogens with one attached hydrogen (secondary N) is 1. The van der Waals surface area contributed by atoms with E-state index in [4.69, 9.17) is 5.73 Å². The van der Waals surface area contributed by atoms with Gasteiger partial charge in [-0.05, 0) is 31.0 Å². The van der Waals surface area contributed by atoms with Crippen molar-refractivity contribution in [3.8, 4) is 0 Å². The Kier molecular flexibility index (Phi) is 4.16. The predicted octanol–water partition coefficient (Wildman–Crippen LogP) is 1.92. The van der Waals surface area contributed by atoms with Crippen molar-refractivity contribution in [2.75, 3.05) is 5.32 Å². The first-order valence-corrected chi connectivity index (χ1v) is 5.28. The lowest BCUT2D eigenvalue weighted by molar-refractivity contribution is -0.118. The Labute approximate surface area is 90.7 Å². The van der Waals surface area contributed by atoms with Crippen LogP contribution in [0.3, 0.4) is 0 Å². The molecule has 0 fully saturated rings. The lowest BCUT2D eigenvalue weighted by Gasteiger charge is -2.11. The van der Waals surface area contributed by atoms with Gasteiger partial charge in [0.15, 0.2) is 0 Å². The Bertz CT molecular complexity index is 319. The molecule has 0 spiro atoms. The van der Waals surface area contributed by atoms with E-state index in [0.29, 0.717) is 0 Å². The first-order chi connectivity index (χ1) is 7.13. The molecule has 0 aliphatic carbocycles. The highest BCUT2D eigenvalue weighted by Crippen LogP contribution is 2.11. The summed E-state index contributed by atoms with van der Waals surface area (Å²) in [5.74, 6) is -0.340. The molecule has 0 bridgehead atoms. The van der Waals surface area contributed by atoms with Crippen LogP contribution < -0.4 is 11.1 Å². The maximum atomic E-state index is 10.8. The van der Waals surface area contributed by atoms with Gasteiger partial charge in [-0.2, -0.15) is 0 Å². The standard InChI is InChI=1S/C12H18N2O/c1-3-4-10-5-7-11(8-6-10)14-9(2)12(13)15/h5-9,14H,3-4H2,1-2H3,(H2,13,15). The SMILES string of the molecule is CCCc1ccc(NC(C)C(N)=O)cc1. The Morgan fingerprint density at radius 1 is 1.40 bits per heavy atom. The van der Waals surface area contributed by atoms with Crippen molar-refractivity contribution in [1.29, 1.82) is 0 Å². The van der Waals surface area contributed by atoms with E-state index in [0.717, 1.165) is 18.5 Å². The number of carbonyl (C=O) groups is 1. The van der Waals surface area contributed by atoms with Crippen molar-refractivity contribution in [2.45, 2.75) is 32.7 Å². The second-order valence-electron chi connectivity index (χ2n) is 3.72. The van der Waals surface area contributed by atoms with Crippen molar-refractivity contribution in [3.63, 3.8) is 0 Å². The van der Waals surface area contributed by atoms with Gasteiger partial charge in [-0.15, -0.1) is 0 Å². The average Bonchev–Trinajstić information content (AvgIpc) is 2.21. The number of amides is 1. The quantitative estimate of drug-likeness (QED) is 0.773. The van der Waals surface area contributed by atoms with Gasteiger partial charge in [-0.1, -0.05) is 25.5 Å². The van der Waals surface area contributed by atoms with Crippen molar-refractivity contribution in [2.24, 2.45) is 5.73 Å². The van der Waals surface area contributed by atoms with Crippen LogP contribution in [0, 0.1) is 0 Å². The molecule has 0 aliphatic heterocycles.